The highest BCUT2D eigenvalue weighted by molar-refractivity contribution is 6.11. The monoisotopic (exact) mass is 404 g/mol. The van der Waals surface area contributed by atoms with E-state index < -0.39 is 11.7 Å². The van der Waals surface area contributed by atoms with Gasteiger partial charge in [-0.05, 0) is 68.8 Å². The van der Waals surface area contributed by atoms with Crippen LogP contribution in [0.1, 0.15) is 40.1 Å². The number of ether oxygens (including phenoxy) is 1. The Bertz CT molecular complexity index is 1160. The first kappa shape index (κ1) is 19.6. The smallest absolute Gasteiger partial charge is 0.262 e. The third-order valence-electron chi connectivity index (χ3n) is 4.98. The van der Waals surface area contributed by atoms with Crippen LogP contribution in [0.25, 0.3) is 0 Å². The van der Waals surface area contributed by atoms with Crippen LogP contribution in [-0.4, -0.2) is 17.9 Å². The van der Waals surface area contributed by atoms with Crippen LogP contribution in [0.4, 0.5) is 15.8 Å². The van der Waals surface area contributed by atoms with Gasteiger partial charge in [-0.1, -0.05) is 18.2 Å². The number of aryl methyl sites for hydroxylation is 1. The van der Waals surface area contributed by atoms with Crippen LogP contribution >= 0.6 is 0 Å². The molecular weight excluding hydrogens is 383 g/mol. The Morgan fingerprint density at radius 3 is 2.53 bits per heavy atom. The van der Waals surface area contributed by atoms with Crippen molar-refractivity contribution < 1.29 is 18.7 Å². The first-order valence-electron chi connectivity index (χ1n) is 9.67. The minimum atomic E-state index is -0.438. The summed E-state index contributed by atoms with van der Waals surface area (Å²) in [5.74, 6) is -0.0509. The van der Waals surface area contributed by atoms with Crippen molar-refractivity contribution in [1.82, 2.24) is 0 Å². The van der Waals surface area contributed by atoms with Gasteiger partial charge in [0.15, 0.2) is 5.75 Å². The van der Waals surface area contributed by atoms with E-state index in [-0.39, 0.29) is 17.5 Å². The highest BCUT2D eigenvalue weighted by Gasteiger charge is 2.30. The number of carbonyl (C=O) groups excluding carboxylic acids is 2. The van der Waals surface area contributed by atoms with E-state index in [1.165, 1.54) is 6.07 Å². The topological polar surface area (TPSA) is 58.6 Å². The first-order chi connectivity index (χ1) is 14.3. The standard InChI is InChI=1S/C24H21FN2O3/c1-14(2)27-20-13-17(26-23(28)16-9-8-15(3)19(25)12-16)10-11-22(20)30-21-7-5-4-6-18(21)24(27)29/h4-14H,1-3H3,(H,26,28). The van der Waals surface area contributed by atoms with E-state index in [1.54, 1.807) is 60.4 Å². The van der Waals surface area contributed by atoms with Gasteiger partial charge in [-0.2, -0.15) is 0 Å². The van der Waals surface area contributed by atoms with Crippen LogP contribution in [0.2, 0.25) is 0 Å². The Morgan fingerprint density at radius 1 is 1.03 bits per heavy atom. The van der Waals surface area contributed by atoms with E-state index in [1.807, 2.05) is 19.9 Å². The van der Waals surface area contributed by atoms with Crippen molar-refractivity contribution in [3.63, 3.8) is 0 Å². The highest BCUT2D eigenvalue weighted by atomic mass is 19.1. The molecule has 0 aliphatic carbocycles. The van der Waals surface area contributed by atoms with Gasteiger partial charge in [0, 0.05) is 17.3 Å². The van der Waals surface area contributed by atoms with Gasteiger partial charge in [0.25, 0.3) is 11.8 Å². The molecule has 6 heteroatoms. The number of amides is 2. The molecule has 0 aromatic heterocycles. The molecule has 0 radical (unpaired) electrons. The number of anilines is 2. The lowest BCUT2D eigenvalue weighted by molar-refractivity contribution is 0.0979. The van der Waals surface area contributed by atoms with Crippen molar-refractivity contribution in [2.45, 2.75) is 26.8 Å². The van der Waals surface area contributed by atoms with Crippen molar-refractivity contribution in [1.29, 1.82) is 0 Å². The van der Waals surface area contributed by atoms with Crippen LogP contribution in [0.5, 0.6) is 11.5 Å². The molecule has 5 nitrogen and oxygen atoms in total. The molecule has 1 aliphatic heterocycles. The van der Waals surface area contributed by atoms with Gasteiger partial charge < -0.3 is 15.0 Å². The van der Waals surface area contributed by atoms with E-state index in [4.69, 9.17) is 4.74 Å². The lowest BCUT2D eigenvalue weighted by Crippen LogP contribution is -2.36. The van der Waals surface area contributed by atoms with Crippen LogP contribution in [-0.2, 0) is 0 Å². The van der Waals surface area contributed by atoms with Gasteiger partial charge in [0.1, 0.15) is 11.6 Å². The summed E-state index contributed by atoms with van der Waals surface area (Å²) >= 11 is 0. The van der Waals surface area contributed by atoms with E-state index in [0.29, 0.717) is 34.0 Å². The van der Waals surface area contributed by atoms with Gasteiger partial charge in [-0.15, -0.1) is 0 Å². The summed E-state index contributed by atoms with van der Waals surface area (Å²) in [6.07, 6.45) is 0. The molecule has 2 amide bonds. The number of rotatable bonds is 3. The number of benzene rings is 3. The van der Waals surface area contributed by atoms with E-state index in [0.717, 1.165) is 0 Å². The molecule has 4 rings (SSSR count). The second-order valence-corrected chi connectivity index (χ2v) is 7.47. The number of para-hydroxylation sites is 1. The molecule has 0 spiro atoms. The van der Waals surface area contributed by atoms with Crippen molar-refractivity contribution in [3.8, 4) is 11.5 Å². The molecule has 0 saturated heterocycles. The molecule has 1 N–H and O–H groups in total. The average molecular weight is 404 g/mol. The Labute approximate surface area is 174 Å². The maximum Gasteiger partial charge on any atom is 0.262 e. The molecule has 1 heterocycles. The lowest BCUT2D eigenvalue weighted by Gasteiger charge is -2.26. The molecule has 0 bridgehead atoms. The summed E-state index contributed by atoms with van der Waals surface area (Å²) in [7, 11) is 0. The fraction of sp³-hybridized carbons (Fsp3) is 0.167. The Hall–Kier alpha value is -3.67. The quantitative estimate of drug-likeness (QED) is 0.623. The van der Waals surface area contributed by atoms with Gasteiger partial charge in [-0.3, -0.25) is 9.59 Å². The zero-order valence-corrected chi connectivity index (χ0v) is 16.9. The maximum absolute atomic E-state index is 13.8. The molecule has 30 heavy (non-hydrogen) atoms. The molecular formula is C24H21FN2O3. The largest absolute Gasteiger partial charge is 0.454 e. The van der Waals surface area contributed by atoms with Crippen LogP contribution in [0.15, 0.2) is 60.7 Å². The lowest BCUT2D eigenvalue weighted by atomic mass is 10.1. The van der Waals surface area contributed by atoms with Crippen LogP contribution < -0.4 is 15.0 Å². The van der Waals surface area contributed by atoms with Crippen molar-refractivity contribution in [2.75, 3.05) is 10.2 Å². The summed E-state index contributed by atoms with van der Waals surface area (Å²) in [5.41, 5.74) is 2.20. The zero-order chi connectivity index (χ0) is 21.4. The molecule has 3 aromatic rings. The minimum Gasteiger partial charge on any atom is -0.454 e. The SMILES string of the molecule is Cc1ccc(C(=O)Nc2ccc3c(c2)N(C(C)C)C(=O)c2ccccc2O3)cc1F. The van der Waals surface area contributed by atoms with E-state index >= 15 is 0 Å². The van der Waals surface area contributed by atoms with Gasteiger partial charge in [0.2, 0.25) is 0 Å². The number of fused-ring (bicyclic) bond motifs is 2. The van der Waals surface area contributed by atoms with E-state index in [9.17, 15) is 14.0 Å². The third-order valence-corrected chi connectivity index (χ3v) is 4.98. The van der Waals surface area contributed by atoms with E-state index in [2.05, 4.69) is 5.32 Å². The summed E-state index contributed by atoms with van der Waals surface area (Å²) in [6.45, 7) is 5.46. The number of hydrogen-bond donors (Lipinski definition) is 1. The molecule has 0 saturated carbocycles. The number of hydrogen-bond acceptors (Lipinski definition) is 3. The number of nitrogens with zero attached hydrogens (tertiary/aromatic N) is 1. The molecule has 0 fully saturated rings. The Balaban J connectivity index is 1.71. The van der Waals surface area contributed by atoms with Gasteiger partial charge in [-0.25, -0.2) is 4.39 Å². The van der Waals surface area contributed by atoms with Crippen molar-refractivity contribution >= 4 is 23.2 Å². The zero-order valence-electron chi connectivity index (χ0n) is 16.9. The van der Waals surface area contributed by atoms with Crippen molar-refractivity contribution in [2.24, 2.45) is 0 Å². The molecule has 3 aromatic carbocycles. The predicted octanol–water partition coefficient (Wildman–Crippen LogP) is 5.55. The maximum atomic E-state index is 13.8. The second-order valence-electron chi connectivity index (χ2n) is 7.47. The summed E-state index contributed by atoms with van der Waals surface area (Å²) < 4.78 is 19.8. The second kappa shape index (κ2) is 7.63. The van der Waals surface area contributed by atoms with Crippen molar-refractivity contribution in [3.05, 3.63) is 83.2 Å². The Kier molecular flexibility index (Phi) is 4.99. The Morgan fingerprint density at radius 2 is 1.80 bits per heavy atom. The molecule has 1 aliphatic rings. The molecule has 152 valence electrons. The van der Waals surface area contributed by atoms with Crippen LogP contribution in [0, 0.1) is 12.7 Å². The highest BCUT2D eigenvalue weighted by Crippen LogP contribution is 2.41. The normalized spacial score (nSPS) is 12.7. The third kappa shape index (κ3) is 3.52. The number of carbonyl (C=O) groups is 2. The number of nitrogens with one attached hydrogen (secondary N) is 1. The van der Waals surface area contributed by atoms with Gasteiger partial charge in [0.05, 0.1) is 11.3 Å². The predicted molar refractivity (Wildman–Crippen MR) is 114 cm³/mol. The minimum absolute atomic E-state index is 0.136. The average Bonchev–Trinajstić information content (AvgIpc) is 2.83. The molecule has 0 unspecified atom stereocenters. The molecule has 0 atom stereocenters. The van der Waals surface area contributed by atoms with Crippen LogP contribution in [0.3, 0.4) is 0 Å². The number of halogens is 1. The summed E-state index contributed by atoms with van der Waals surface area (Å²) in [5, 5.41) is 2.77. The fourth-order valence-electron chi connectivity index (χ4n) is 3.41. The summed E-state index contributed by atoms with van der Waals surface area (Å²) in [4.78, 5) is 27.4. The first-order valence-corrected chi connectivity index (χ1v) is 9.67. The van der Waals surface area contributed by atoms with Gasteiger partial charge >= 0.3 is 0 Å². The fourth-order valence-corrected chi connectivity index (χ4v) is 3.41. The summed E-state index contributed by atoms with van der Waals surface area (Å²) in [6, 6.07) is 16.4.